The summed E-state index contributed by atoms with van der Waals surface area (Å²) in [5.41, 5.74) is 5.91. The number of likely N-dealkylation sites (tertiary alicyclic amines) is 1. The molecule has 0 amide bonds. The second kappa shape index (κ2) is 8.11. The molecule has 0 spiro atoms. The van der Waals surface area contributed by atoms with E-state index in [-0.39, 0.29) is 24.0 Å². The van der Waals surface area contributed by atoms with Crippen LogP contribution in [0.2, 0.25) is 0 Å². The Kier molecular flexibility index (Phi) is 8.09. The van der Waals surface area contributed by atoms with Gasteiger partial charge in [0, 0.05) is 26.2 Å². The molecule has 96 valence electrons. The fourth-order valence-corrected chi connectivity index (χ4v) is 2.05. The Morgan fingerprint density at radius 3 is 2.50 bits per heavy atom. The summed E-state index contributed by atoms with van der Waals surface area (Å²) in [5, 5.41) is 0. The molecule has 1 saturated heterocycles. The van der Waals surface area contributed by atoms with Crippen molar-refractivity contribution in [3.8, 4) is 0 Å². The summed E-state index contributed by atoms with van der Waals surface area (Å²) in [6.45, 7) is 9.34. The molecule has 1 rings (SSSR count). The number of hydrogen-bond acceptors (Lipinski definition) is 2. The van der Waals surface area contributed by atoms with Gasteiger partial charge in [-0.15, -0.1) is 24.0 Å². The minimum Gasteiger partial charge on any atom is -0.370 e. The van der Waals surface area contributed by atoms with Gasteiger partial charge in [-0.05, 0) is 39.8 Å². The molecule has 0 bridgehead atoms. The number of rotatable bonds is 4. The Labute approximate surface area is 116 Å². The van der Waals surface area contributed by atoms with Gasteiger partial charge < -0.3 is 15.5 Å². The van der Waals surface area contributed by atoms with E-state index in [1.54, 1.807) is 0 Å². The van der Waals surface area contributed by atoms with Gasteiger partial charge >= 0.3 is 0 Å². The molecule has 0 aromatic carbocycles. The van der Waals surface area contributed by atoms with Gasteiger partial charge in [0.2, 0.25) is 0 Å². The molecule has 1 fully saturated rings. The topological polar surface area (TPSA) is 44.9 Å². The highest BCUT2D eigenvalue weighted by molar-refractivity contribution is 14.0. The summed E-state index contributed by atoms with van der Waals surface area (Å²) in [4.78, 5) is 8.93. The first kappa shape index (κ1) is 16.0. The van der Waals surface area contributed by atoms with E-state index < -0.39 is 0 Å². The van der Waals surface area contributed by atoms with E-state index in [1.807, 2.05) is 0 Å². The van der Waals surface area contributed by atoms with Crippen molar-refractivity contribution >= 4 is 29.9 Å². The lowest BCUT2D eigenvalue weighted by atomic mass is 10.1. The van der Waals surface area contributed by atoms with Gasteiger partial charge in [-0.1, -0.05) is 0 Å². The van der Waals surface area contributed by atoms with Gasteiger partial charge in [0.05, 0.1) is 0 Å². The van der Waals surface area contributed by atoms with E-state index in [4.69, 9.17) is 5.73 Å². The lowest BCUT2D eigenvalue weighted by Gasteiger charge is -2.19. The first-order chi connectivity index (χ1) is 7.17. The minimum absolute atomic E-state index is 0. The molecular weight excluding hydrogens is 315 g/mol. The zero-order valence-electron chi connectivity index (χ0n) is 10.6. The number of guanidine groups is 1. The zero-order chi connectivity index (χ0) is 11.3. The van der Waals surface area contributed by atoms with Crippen LogP contribution in [0.25, 0.3) is 0 Å². The van der Waals surface area contributed by atoms with E-state index in [2.05, 4.69) is 35.7 Å². The molecule has 0 saturated carbocycles. The molecule has 5 heteroatoms. The molecule has 1 aliphatic rings. The molecule has 16 heavy (non-hydrogen) atoms. The minimum atomic E-state index is 0. The van der Waals surface area contributed by atoms with Crippen molar-refractivity contribution in [2.45, 2.75) is 20.3 Å². The van der Waals surface area contributed by atoms with E-state index in [9.17, 15) is 0 Å². The maximum Gasteiger partial charge on any atom is 0.191 e. The van der Waals surface area contributed by atoms with E-state index in [0.29, 0.717) is 11.9 Å². The van der Waals surface area contributed by atoms with Gasteiger partial charge in [-0.2, -0.15) is 0 Å². The molecule has 1 atom stereocenters. The SMILES string of the molecule is CCN(CC)C(N)=NCC1CCN(C)C1.I. The van der Waals surface area contributed by atoms with Crippen LogP contribution in [0.15, 0.2) is 4.99 Å². The van der Waals surface area contributed by atoms with Crippen LogP contribution in [0.3, 0.4) is 0 Å². The Balaban J connectivity index is 0.00000225. The van der Waals surface area contributed by atoms with Crippen molar-refractivity contribution in [1.82, 2.24) is 9.80 Å². The lowest BCUT2D eigenvalue weighted by Crippen LogP contribution is -2.37. The highest BCUT2D eigenvalue weighted by atomic mass is 127. The van der Waals surface area contributed by atoms with Gasteiger partial charge in [-0.3, -0.25) is 4.99 Å². The highest BCUT2D eigenvalue weighted by Gasteiger charge is 2.18. The number of nitrogens with zero attached hydrogens (tertiary/aromatic N) is 3. The van der Waals surface area contributed by atoms with Crippen molar-refractivity contribution in [1.29, 1.82) is 0 Å². The number of halogens is 1. The standard InChI is InChI=1S/C11H24N4.HI/c1-4-15(5-2)11(12)13-8-10-6-7-14(3)9-10;/h10H,4-9H2,1-3H3,(H2,12,13);1H. The number of aliphatic imine (C=N–C) groups is 1. The Hall–Kier alpha value is -0.0400. The Morgan fingerprint density at radius 2 is 2.06 bits per heavy atom. The second-order valence-corrected chi connectivity index (χ2v) is 4.29. The quantitative estimate of drug-likeness (QED) is 0.475. The van der Waals surface area contributed by atoms with Crippen LogP contribution in [0.4, 0.5) is 0 Å². The summed E-state index contributed by atoms with van der Waals surface area (Å²) in [7, 11) is 2.16. The van der Waals surface area contributed by atoms with E-state index in [1.165, 1.54) is 13.0 Å². The van der Waals surface area contributed by atoms with Gasteiger partial charge in [0.25, 0.3) is 0 Å². The average molecular weight is 340 g/mol. The van der Waals surface area contributed by atoms with E-state index in [0.717, 1.165) is 26.2 Å². The molecule has 0 aromatic heterocycles. The van der Waals surface area contributed by atoms with Crippen molar-refractivity contribution < 1.29 is 0 Å². The van der Waals surface area contributed by atoms with Crippen LogP contribution in [0.1, 0.15) is 20.3 Å². The normalized spacial score (nSPS) is 21.9. The third-order valence-electron chi connectivity index (χ3n) is 3.09. The highest BCUT2D eigenvalue weighted by Crippen LogP contribution is 2.14. The van der Waals surface area contributed by atoms with Crippen LogP contribution in [0.5, 0.6) is 0 Å². The molecular formula is C11H25IN4. The number of hydrogen-bond donors (Lipinski definition) is 1. The second-order valence-electron chi connectivity index (χ2n) is 4.29. The maximum atomic E-state index is 5.91. The fourth-order valence-electron chi connectivity index (χ4n) is 2.05. The molecule has 1 unspecified atom stereocenters. The molecule has 0 radical (unpaired) electrons. The van der Waals surface area contributed by atoms with E-state index >= 15 is 0 Å². The zero-order valence-corrected chi connectivity index (χ0v) is 13.0. The van der Waals surface area contributed by atoms with Crippen molar-refractivity contribution in [3.05, 3.63) is 0 Å². The fraction of sp³-hybridized carbons (Fsp3) is 0.909. The first-order valence-electron chi connectivity index (χ1n) is 5.90. The largest absolute Gasteiger partial charge is 0.370 e. The predicted octanol–water partition coefficient (Wildman–Crippen LogP) is 1.21. The molecule has 1 aliphatic heterocycles. The van der Waals surface area contributed by atoms with Gasteiger partial charge in [-0.25, -0.2) is 0 Å². The van der Waals surface area contributed by atoms with Gasteiger partial charge in [0.15, 0.2) is 5.96 Å². The molecule has 0 aliphatic carbocycles. The molecule has 0 aromatic rings. The maximum absolute atomic E-state index is 5.91. The van der Waals surface area contributed by atoms with Crippen LogP contribution in [-0.4, -0.2) is 55.5 Å². The van der Waals surface area contributed by atoms with Crippen LogP contribution >= 0.6 is 24.0 Å². The van der Waals surface area contributed by atoms with Crippen molar-refractivity contribution in [2.24, 2.45) is 16.6 Å². The third-order valence-corrected chi connectivity index (χ3v) is 3.09. The number of nitrogens with two attached hydrogens (primary N) is 1. The Bertz CT molecular complexity index is 216. The first-order valence-corrected chi connectivity index (χ1v) is 5.90. The van der Waals surface area contributed by atoms with Crippen LogP contribution < -0.4 is 5.73 Å². The van der Waals surface area contributed by atoms with Crippen molar-refractivity contribution in [3.63, 3.8) is 0 Å². The summed E-state index contributed by atoms with van der Waals surface area (Å²) < 4.78 is 0. The Morgan fingerprint density at radius 1 is 1.44 bits per heavy atom. The van der Waals surface area contributed by atoms with Crippen LogP contribution in [-0.2, 0) is 0 Å². The van der Waals surface area contributed by atoms with Crippen LogP contribution in [0, 0.1) is 5.92 Å². The lowest BCUT2D eigenvalue weighted by molar-refractivity contribution is 0.396. The molecule has 2 N–H and O–H groups in total. The monoisotopic (exact) mass is 340 g/mol. The summed E-state index contributed by atoms with van der Waals surface area (Å²) in [5.74, 6) is 1.40. The molecule has 4 nitrogen and oxygen atoms in total. The summed E-state index contributed by atoms with van der Waals surface area (Å²) in [6, 6.07) is 0. The smallest absolute Gasteiger partial charge is 0.191 e. The third kappa shape index (κ3) is 4.86. The van der Waals surface area contributed by atoms with Crippen molar-refractivity contribution in [2.75, 3.05) is 39.8 Å². The molecule has 1 heterocycles. The van der Waals surface area contributed by atoms with Gasteiger partial charge in [0.1, 0.15) is 0 Å². The average Bonchev–Trinajstić information content (AvgIpc) is 2.63. The predicted molar refractivity (Wildman–Crippen MR) is 80.4 cm³/mol. The summed E-state index contributed by atoms with van der Waals surface area (Å²) >= 11 is 0. The summed E-state index contributed by atoms with van der Waals surface area (Å²) in [6.07, 6.45) is 1.26.